The van der Waals surface area contributed by atoms with Crippen LogP contribution in [0.3, 0.4) is 0 Å². The van der Waals surface area contributed by atoms with Gasteiger partial charge in [-0.25, -0.2) is 0 Å². The fraction of sp³-hybridized carbons (Fsp3) is 0.526. The van der Waals surface area contributed by atoms with Gasteiger partial charge in [0.2, 0.25) is 0 Å². The summed E-state index contributed by atoms with van der Waals surface area (Å²) in [6, 6.07) is 6.79. The van der Waals surface area contributed by atoms with Crippen LogP contribution in [0.5, 0.6) is 0 Å². The SMILES string of the molecule is CC(=O)/C(C(=O)Nc1ccc(NC(=O)/C(C(C)=O)=C2/C=C(N3CCCC3)CC(C)(C)C2)cc1)=C1\C=C(N2CCCC2)CC(C)(C)C1. The van der Waals surface area contributed by atoms with E-state index in [9.17, 15) is 19.2 Å². The lowest BCUT2D eigenvalue weighted by Crippen LogP contribution is -2.30. The van der Waals surface area contributed by atoms with Crippen LogP contribution in [0, 0.1) is 10.8 Å². The molecule has 4 aliphatic rings. The van der Waals surface area contributed by atoms with E-state index in [4.69, 9.17) is 0 Å². The number of carbonyl (C=O) groups is 4. The number of anilines is 2. The third kappa shape index (κ3) is 7.88. The second kappa shape index (κ2) is 13.4. The number of hydrogen-bond acceptors (Lipinski definition) is 6. The van der Waals surface area contributed by atoms with E-state index in [-0.39, 0.29) is 33.5 Å². The number of nitrogens with zero attached hydrogens (tertiary/aromatic N) is 2. The number of ketones is 2. The van der Waals surface area contributed by atoms with Gasteiger partial charge in [0.1, 0.15) is 0 Å². The van der Waals surface area contributed by atoms with E-state index in [0.29, 0.717) is 24.2 Å². The van der Waals surface area contributed by atoms with Crippen LogP contribution in [0.1, 0.15) is 92.9 Å². The Morgan fingerprint density at radius 1 is 0.565 bits per heavy atom. The molecular formula is C38H50N4O4. The first-order valence-electron chi connectivity index (χ1n) is 16.8. The molecule has 1 aromatic carbocycles. The van der Waals surface area contributed by atoms with Gasteiger partial charge in [-0.05, 0) is 124 Å². The number of benzene rings is 1. The zero-order valence-corrected chi connectivity index (χ0v) is 28.5. The van der Waals surface area contributed by atoms with Gasteiger partial charge in [0.05, 0.1) is 11.1 Å². The van der Waals surface area contributed by atoms with E-state index in [1.54, 1.807) is 24.3 Å². The second-order valence-corrected chi connectivity index (χ2v) is 15.1. The molecule has 2 heterocycles. The summed E-state index contributed by atoms with van der Waals surface area (Å²) in [7, 11) is 0. The number of likely N-dealkylation sites (tertiary alicyclic amines) is 2. The maximum Gasteiger partial charge on any atom is 0.259 e. The number of carbonyl (C=O) groups excluding carboxylic acids is 4. The van der Waals surface area contributed by atoms with Gasteiger partial charge < -0.3 is 20.4 Å². The Balaban J connectivity index is 1.33. The fourth-order valence-electron chi connectivity index (χ4n) is 7.57. The minimum Gasteiger partial charge on any atom is -0.375 e. The molecule has 5 rings (SSSR count). The van der Waals surface area contributed by atoms with Gasteiger partial charge in [-0.15, -0.1) is 0 Å². The first kappa shape index (κ1) is 33.4. The Hall–Kier alpha value is -3.94. The number of rotatable bonds is 8. The number of hydrogen-bond donors (Lipinski definition) is 2. The summed E-state index contributed by atoms with van der Waals surface area (Å²) >= 11 is 0. The maximum absolute atomic E-state index is 13.5. The topological polar surface area (TPSA) is 98.8 Å². The van der Waals surface area contributed by atoms with Crippen LogP contribution in [0.15, 0.2) is 70.1 Å². The average Bonchev–Trinajstić information content (AvgIpc) is 3.68. The third-order valence-corrected chi connectivity index (χ3v) is 9.56. The molecule has 0 aromatic heterocycles. The van der Waals surface area contributed by atoms with Crippen LogP contribution in [-0.2, 0) is 19.2 Å². The van der Waals surface area contributed by atoms with Crippen molar-refractivity contribution in [2.45, 2.75) is 92.9 Å². The van der Waals surface area contributed by atoms with Crippen LogP contribution < -0.4 is 10.6 Å². The van der Waals surface area contributed by atoms with Gasteiger partial charge in [0.25, 0.3) is 11.8 Å². The van der Waals surface area contributed by atoms with Crippen molar-refractivity contribution in [2.24, 2.45) is 10.8 Å². The second-order valence-electron chi connectivity index (χ2n) is 15.1. The predicted molar refractivity (Wildman–Crippen MR) is 183 cm³/mol. The van der Waals surface area contributed by atoms with Gasteiger partial charge >= 0.3 is 0 Å². The average molecular weight is 627 g/mol. The highest BCUT2D eigenvalue weighted by molar-refractivity contribution is 6.24. The summed E-state index contributed by atoms with van der Waals surface area (Å²) in [5.74, 6) is -1.39. The molecule has 0 saturated carbocycles. The summed E-state index contributed by atoms with van der Waals surface area (Å²) in [4.78, 5) is 57.4. The van der Waals surface area contributed by atoms with Crippen molar-refractivity contribution < 1.29 is 19.2 Å². The molecule has 8 heteroatoms. The lowest BCUT2D eigenvalue weighted by molar-refractivity contribution is -0.120. The Morgan fingerprint density at radius 3 is 1.20 bits per heavy atom. The molecule has 2 amide bonds. The van der Waals surface area contributed by atoms with Crippen molar-refractivity contribution in [1.82, 2.24) is 9.80 Å². The lowest BCUT2D eigenvalue weighted by Gasteiger charge is -2.36. The van der Waals surface area contributed by atoms with Crippen molar-refractivity contribution >= 4 is 34.8 Å². The van der Waals surface area contributed by atoms with Crippen LogP contribution in [0.2, 0.25) is 0 Å². The predicted octanol–water partition coefficient (Wildman–Crippen LogP) is 6.93. The number of allylic oxidation sites excluding steroid dienone is 6. The van der Waals surface area contributed by atoms with Crippen molar-refractivity contribution in [3.05, 3.63) is 70.1 Å². The Labute approximate surface area is 274 Å². The van der Waals surface area contributed by atoms with Crippen LogP contribution >= 0.6 is 0 Å². The third-order valence-electron chi connectivity index (χ3n) is 9.56. The summed E-state index contributed by atoms with van der Waals surface area (Å²) in [6.45, 7) is 15.7. The first-order valence-corrected chi connectivity index (χ1v) is 16.8. The molecule has 0 spiro atoms. The highest BCUT2D eigenvalue weighted by Gasteiger charge is 2.34. The number of Topliss-reactive ketones (excluding diaryl/α,β-unsaturated/α-hetero) is 2. The summed E-state index contributed by atoms with van der Waals surface area (Å²) < 4.78 is 0. The maximum atomic E-state index is 13.5. The van der Waals surface area contributed by atoms with Crippen molar-refractivity contribution in [2.75, 3.05) is 36.8 Å². The minimum atomic E-state index is -0.432. The Morgan fingerprint density at radius 2 is 0.891 bits per heavy atom. The summed E-state index contributed by atoms with van der Waals surface area (Å²) in [5, 5.41) is 5.79. The van der Waals surface area contributed by atoms with Crippen molar-refractivity contribution in [3.63, 3.8) is 0 Å². The van der Waals surface area contributed by atoms with Crippen LogP contribution in [0.25, 0.3) is 0 Å². The smallest absolute Gasteiger partial charge is 0.259 e. The molecular weight excluding hydrogens is 576 g/mol. The molecule has 0 atom stereocenters. The molecule has 2 saturated heterocycles. The zero-order valence-electron chi connectivity index (χ0n) is 28.5. The molecule has 2 N–H and O–H groups in total. The Kier molecular flexibility index (Phi) is 9.75. The van der Waals surface area contributed by atoms with Gasteiger partial charge in [-0.3, -0.25) is 19.2 Å². The fourth-order valence-corrected chi connectivity index (χ4v) is 7.57. The normalized spacial score (nSPS) is 22.9. The quantitative estimate of drug-likeness (QED) is 0.184. The van der Waals surface area contributed by atoms with E-state index in [1.165, 1.54) is 25.2 Å². The monoisotopic (exact) mass is 626 g/mol. The highest BCUT2D eigenvalue weighted by atomic mass is 16.2. The van der Waals surface area contributed by atoms with Gasteiger partial charge in [0, 0.05) is 48.9 Å². The zero-order chi connectivity index (χ0) is 33.2. The van der Waals surface area contributed by atoms with Crippen LogP contribution in [-0.4, -0.2) is 59.4 Å². The van der Waals surface area contributed by atoms with Crippen LogP contribution in [0.4, 0.5) is 11.4 Å². The minimum absolute atomic E-state index is 0.0597. The van der Waals surface area contributed by atoms with Gasteiger partial charge in [-0.1, -0.05) is 27.7 Å². The largest absolute Gasteiger partial charge is 0.375 e. The molecule has 2 aliphatic heterocycles. The standard InChI is InChI=1S/C38H50N4O4/c1-25(43)33(27-19-31(23-37(3,4)21-27)41-15-7-8-16-41)35(45)39-29-11-13-30(14-12-29)40-36(46)34(26(2)44)28-20-32(24-38(5,6)22-28)42-17-9-10-18-42/h11-14,19-20H,7-10,15-18,21-24H2,1-6H3,(H,39,45)(H,40,46)/b33-27-,34-28-. The highest BCUT2D eigenvalue weighted by Crippen LogP contribution is 2.42. The molecule has 8 nitrogen and oxygen atoms in total. The molecule has 0 bridgehead atoms. The lowest BCUT2D eigenvalue weighted by atomic mass is 9.75. The van der Waals surface area contributed by atoms with E-state index >= 15 is 0 Å². The molecule has 0 radical (unpaired) electrons. The number of amides is 2. The van der Waals surface area contributed by atoms with Crippen molar-refractivity contribution in [1.29, 1.82) is 0 Å². The summed E-state index contributed by atoms with van der Waals surface area (Å²) in [5.41, 5.74) is 5.26. The summed E-state index contributed by atoms with van der Waals surface area (Å²) in [6.07, 6.45) is 11.9. The molecule has 2 fully saturated rings. The van der Waals surface area contributed by atoms with E-state index in [1.807, 2.05) is 0 Å². The first-order chi connectivity index (χ1) is 21.7. The van der Waals surface area contributed by atoms with E-state index < -0.39 is 11.8 Å². The van der Waals surface area contributed by atoms with Crippen molar-refractivity contribution in [3.8, 4) is 0 Å². The number of nitrogens with one attached hydrogen (secondary N) is 2. The Bertz CT molecular complexity index is 1410. The van der Waals surface area contributed by atoms with Gasteiger partial charge in [-0.2, -0.15) is 0 Å². The molecule has 46 heavy (non-hydrogen) atoms. The molecule has 2 aliphatic carbocycles. The molecule has 1 aromatic rings. The van der Waals surface area contributed by atoms with E-state index in [0.717, 1.165) is 75.9 Å². The van der Waals surface area contributed by atoms with Gasteiger partial charge in [0.15, 0.2) is 11.6 Å². The van der Waals surface area contributed by atoms with E-state index in [2.05, 4.69) is 60.3 Å². The molecule has 0 unspecified atom stereocenters. The molecule has 246 valence electrons.